The van der Waals surface area contributed by atoms with E-state index in [2.05, 4.69) is 11.2 Å². The van der Waals surface area contributed by atoms with Crippen molar-refractivity contribution in [3.8, 4) is 0 Å². The zero-order valence-corrected chi connectivity index (χ0v) is 15.0. The predicted octanol–water partition coefficient (Wildman–Crippen LogP) is 2.79. The molecule has 0 spiro atoms. The Morgan fingerprint density at radius 3 is 2.62 bits per heavy atom. The Hall–Kier alpha value is -2.29. The molecule has 0 bridgehead atoms. The Balaban J connectivity index is 2.24. The van der Waals surface area contributed by atoms with Crippen LogP contribution in [-0.4, -0.2) is 45.6 Å². The van der Waals surface area contributed by atoms with Gasteiger partial charge in [0.05, 0.1) is 16.3 Å². The molecule has 0 aliphatic rings. The van der Waals surface area contributed by atoms with Crippen molar-refractivity contribution < 1.29 is 22.9 Å². The zero-order chi connectivity index (χ0) is 19.3. The standard InChI is InChI=1S/C18H20F2N2O3S/c1-22(9-10-23)26(2,25)16-8-4-6-14(12-16)18(24)21-15-7-3-5-13(11-15)17(19)20/h3-8,11-12,17,23H,2,9-10H2,1H3,(H,21,24). The summed E-state index contributed by atoms with van der Waals surface area (Å²) in [5.41, 5.74) is 0.271. The number of halogens is 2. The highest BCUT2D eigenvalue weighted by molar-refractivity contribution is 7.98. The molecule has 0 aliphatic carbocycles. The third kappa shape index (κ3) is 4.66. The summed E-state index contributed by atoms with van der Waals surface area (Å²) in [5.74, 6) is 3.19. The highest BCUT2D eigenvalue weighted by Gasteiger charge is 2.16. The topological polar surface area (TPSA) is 69.6 Å². The molecule has 2 aromatic carbocycles. The van der Waals surface area contributed by atoms with Gasteiger partial charge in [0.2, 0.25) is 0 Å². The van der Waals surface area contributed by atoms with Gasteiger partial charge >= 0.3 is 0 Å². The number of alkyl halides is 2. The number of anilines is 1. The van der Waals surface area contributed by atoms with Crippen molar-refractivity contribution in [2.45, 2.75) is 11.3 Å². The number of aliphatic hydroxyl groups excluding tert-OH is 1. The van der Waals surface area contributed by atoms with E-state index in [0.29, 0.717) is 4.90 Å². The number of rotatable bonds is 7. The van der Waals surface area contributed by atoms with E-state index < -0.39 is 22.0 Å². The van der Waals surface area contributed by atoms with Crippen LogP contribution in [0.25, 0.3) is 0 Å². The summed E-state index contributed by atoms with van der Waals surface area (Å²) >= 11 is 0. The molecule has 1 unspecified atom stereocenters. The molecule has 26 heavy (non-hydrogen) atoms. The van der Waals surface area contributed by atoms with E-state index in [1.165, 1.54) is 40.7 Å². The largest absolute Gasteiger partial charge is 0.395 e. The monoisotopic (exact) mass is 382 g/mol. The van der Waals surface area contributed by atoms with Crippen LogP contribution in [0.15, 0.2) is 53.4 Å². The maximum atomic E-state index is 12.8. The minimum absolute atomic E-state index is 0.166. The molecule has 2 N–H and O–H groups in total. The van der Waals surface area contributed by atoms with E-state index in [4.69, 9.17) is 5.11 Å². The number of hydrogen-bond acceptors (Lipinski definition) is 3. The van der Waals surface area contributed by atoms with Gasteiger partial charge in [-0.05, 0) is 43.2 Å². The molecule has 2 rings (SSSR count). The Kier molecular flexibility index (Phi) is 6.47. The molecule has 0 aromatic heterocycles. The molecule has 0 heterocycles. The van der Waals surface area contributed by atoms with Gasteiger partial charge in [0.1, 0.15) is 0 Å². The summed E-state index contributed by atoms with van der Waals surface area (Å²) in [4.78, 5) is 12.7. The summed E-state index contributed by atoms with van der Waals surface area (Å²) in [7, 11) is -1.29. The molecule has 0 fully saturated rings. The van der Waals surface area contributed by atoms with Crippen LogP contribution in [0.5, 0.6) is 0 Å². The van der Waals surface area contributed by atoms with Crippen molar-refractivity contribution in [3.63, 3.8) is 0 Å². The highest BCUT2D eigenvalue weighted by atomic mass is 32.2. The van der Waals surface area contributed by atoms with Gasteiger partial charge in [-0.1, -0.05) is 18.2 Å². The minimum Gasteiger partial charge on any atom is -0.395 e. The first kappa shape index (κ1) is 20.0. The lowest BCUT2D eigenvalue weighted by atomic mass is 10.2. The van der Waals surface area contributed by atoms with Crippen molar-refractivity contribution in [3.05, 3.63) is 59.7 Å². The fraction of sp³-hybridized carbons (Fsp3) is 0.222. The van der Waals surface area contributed by atoms with Crippen LogP contribution in [0.2, 0.25) is 0 Å². The quantitative estimate of drug-likeness (QED) is 0.724. The lowest BCUT2D eigenvalue weighted by molar-refractivity contribution is 0.102. The summed E-state index contributed by atoms with van der Waals surface area (Å²) in [6.07, 6.45) is -2.63. The first-order valence-electron chi connectivity index (χ1n) is 7.74. The van der Waals surface area contributed by atoms with Crippen molar-refractivity contribution in [1.29, 1.82) is 0 Å². The molecule has 0 radical (unpaired) electrons. The second kappa shape index (κ2) is 8.39. The number of hydrogen-bond donors (Lipinski definition) is 2. The van der Waals surface area contributed by atoms with Crippen LogP contribution in [0.4, 0.5) is 14.5 Å². The van der Waals surface area contributed by atoms with Gasteiger partial charge in [-0.25, -0.2) is 17.3 Å². The van der Waals surface area contributed by atoms with E-state index in [0.717, 1.165) is 0 Å². The second-order valence-electron chi connectivity index (χ2n) is 5.62. The third-order valence-corrected chi connectivity index (χ3v) is 5.96. The average molecular weight is 382 g/mol. The molecule has 0 saturated carbocycles. The molecule has 1 atom stereocenters. The lowest BCUT2D eigenvalue weighted by Crippen LogP contribution is -2.29. The minimum atomic E-state index is -2.85. The summed E-state index contributed by atoms with van der Waals surface area (Å²) in [6, 6.07) is 11.5. The number of carbonyl (C=O) groups excluding carboxylic acids is 1. The summed E-state index contributed by atoms with van der Waals surface area (Å²) in [6.45, 7) is -0.0111. The van der Waals surface area contributed by atoms with Gasteiger partial charge in [0.25, 0.3) is 12.3 Å². The fourth-order valence-corrected chi connectivity index (χ4v) is 3.60. The molecule has 8 heteroatoms. The first-order chi connectivity index (χ1) is 12.3. The third-order valence-electron chi connectivity index (χ3n) is 3.78. The van der Waals surface area contributed by atoms with Crippen LogP contribution in [0.1, 0.15) is 22.3 Å². The van der Waals surface area contributed by atoms with E-state index in [9.17, 15) is 17.8 Å². The first-order valence-corrected chi connectivity index (χ1v) is 9.43. The molecule has 2 aromatic rings. The highest BCUT2D eigenvalue weighted by Crippen LogP contribution is 2.22. The average Bonchev–Trinajstić information content (AvgIpc) is 2.62. The number of benzene rings is 2. The number of likely N-dealkylation sites (N-methyl/N-ethyl adjacent to an activating group) is 1. The normalized spacial score (nSPS) is 13.6. The molecule has 0 aliphatic heterocycles. The Labute approximate surface area is 151 Å². The van der Waals surface area contributed by atoms with Crippen molar-refractivity contribution in [2.24, 2.45) is 0 Å². The SMILES string of the molecule is C=S(=O)(c1cccc(C(=O)Nc2cccc(C(F)F)c2)c1)N(C)CCO. The second-order valence-corrected chi connectivity index (χ2v) is 8.00. The maximum Gasteiger partial charge on any atom is 0.263 e. The number of carbonyl (C=O) groups is 1. The number of amides is 1. The van der Waals surface area contributed by atoms with Crippen LogP contribution in [0, 0.1) is 0 Å². The van der Waals surface area contributed by atoms with Gasteiger partial charge in [0.15, 0.2) is 0 Å². The van der Waals surface area contributed by atoms with Gasteiger partial charge in [-0.15, -0.1) is 0 Å². The molecular formula is C18H20F2N2O3S. The van der Waals surface area contributed by atoms with Crippen molar-refractivity contribution in [2.75, 3.05) is 25.5 Å². The Bertz CT molecular complexity index is 886. The van der Waals surface area contributed by atoms with E-state index >= 15 is 0 Å². The van der Waals surface area contributed by atoms with Crippen molar-refractivity contribution >= 4 is 27.2 Å². The van der Waals surface area contributed by atoms with Crippen LogP contribution < -0.4 is 5.32 Å². The van der Waals surface area contributed by atoms with Crippen LogP contribution >= 0.6 is 0 Å². The van der Waals surface area contributed by atoms with E-state index in [1.807, 2.05) is 0 Å². The zero-order valence-electron chi connectivity index (χ0n) is 14.2. The Morgan fingerprint density at radius 1 is 1.27 bits per heavy atom. The number of nitrogens with zero attached hydrogens (tertiary/aromatic N) is 1. The maximum absolute atomic E-state index is 12.8. The van der Waals surface area contributed by atoms with Gasteiger partial charge in [0, 0.05) is 28.3 Å². The molecule has 5 nitrogen and oxygen atoms in total. The van der Waals surface area contributed by atoms with E-state index in [1.54, 1.807) is 19.2 Å². The smallest absolute Gasteiger partial charge is 0.263 e. The molecule has 1 amide bonds. The van der Waals surface area contributed by atoms with E-state index in [-0.39, 0.29) is 30.0 Å². The van der Waals surface area contributed by atoms with Crippen molar-refractivity contribution in [1.82, 2.24) is 4.31 Å². The van der Waals surface area contributed by atoms with Crippen LogP contribution in [-0.2, 0) is 9.71 Å². The van der Waals surface area contributed by atoms with Gasteiger partial charge < -0.3 is 10.4 Å². The molecular weight excluding hydrogens is 362 g/mol. The number of aliphatic hydroxyl groups is 1. The molecule has 0 saturated heterocycles. The predicted molar refractivity (Wildman–Crippen MR) is 99.0 cm³/mol. The van der Waals surface area contributed by atoms with Gasteiger partial charge in [-0.3, -0.25) is 4.79 Å². The molecule has 140 valence electrons. The Morgan fingerprint density at radius 2 is 1.96 bits per heavy atom. The summed E-state index contributed by atoms with van der Waals surface area (Å²) < 4.78 is 39.7. The fourth-order valence-electron chi connectivity index (χ4n) is 2.26. The number of nitrogens with one attached hydrogen (secondary N) is 1. The van der Waals surface area contributed by atoms with Crippen LogP contribution in [0.3, 0.4) is 0 Å². The summed E-state index contributed by atoms with van der Waals surface area (Å²) in [5, 5.41) is 11.6. The van der Waals surface area contributed by atoms with Gasteiger partial charge in [-0.2, -0.15) is 0 Å². The lowest BCUT2D eigenvalue weighted by Gasteiger charge is -2.21.